The van der Waals surface area contributed by atoms with Crippen molar-refractivity contribution in [3.05, 3.63) is 17.5 Å². The van der Waals surface area contributed by atoms with Crippen LogP contribution in [0.2, 0.25) is 0 Å². The number of rotatable bonds is 5. The summed E-state index contributed by atoms with van der Waals surface area (Å²) in [6, 6.07) is 1.78. The Hall–Kier alpha value is -1.36. The van der Waals surface area contributed by atoms with E-state index in [9.17, 15) is 9.90 Å². The van der Waals surface area contributed by atoms with Crippen LogP contribution in [0.25, 0.3) is 0 Å². The lowest BCUT2D eigenvalue weighted by Crippen LogP contribution is -2.42. The first kappa shape index (κ1) is 16.0. The number of likely N-dealkylation sites (tertiary alicyclic amines) is 1. The van der Waals surface area contributed by atoms with Crippen LogP contribution in [0.3, 0.4) is 0 Å². The predicted molar refractivity (Wildman–Crippen MR) is 80.1 cm³/mol. The molecule has 0 saturated carbocycles. The SMILES string of the molecule is CCC(CC)c1cc(C(=O)N2CCCC(C(C)O)C2)on1. The monoisotopic (exact) mass is 294 g/mol. The van der Waals surface area contributed by atoms with Crippen molar-refractivity contribution in [3.63, 3.8) is 0 Å². The maximum atomic E-state index is 12.5. The smallest absolute Gasteiger partial charge is 0.292 e. The quantitative estimate of drug-likeness (QED) is 0.906. The van der Waals surface area contributed by atoms with E-state index < -0.39 is 0 Å². The number of hydrogen-bond acceptors (Lipinski definition) is 4. The van der Waals surface area contributed by atoms with Crippen molar-refractivity contribution in [3.8, 4) is 0 Å². The Morgan fingerprint density at radius 1 is 1.52 bits per heavy atom. The highest BCUT2D eigenvalue weighted by molar-refractivity contribution is 5.91. The molecule has 2 atom stereocenters. The lowest BCUT2D eigenvalue weighted by molar-refractivity contribution is 0.0436. The molecule has 1 aromatic heterocycles. The lowest BCUT2D eigenvalue weighted by atomic mass is 9.93. The highest BCUT2D eigenvalue weighted by Crippen LogP contribution is 2.25. The Labute approximate surface area is 126 Å². The number of piperidine rings is 1. The summed E-state index contributed by atoms with van der Waals surface area (Å²) in [7, 11) is 0. The van der Waals surface area contributed by atoms with Crippen LogP contribution in [0.4, 0.5) is 0 Å². The van der Waals surface area contributed by atoms with Gasteiger partial charge in [-0.05, 0) is 32.6 Å². The third-order valence-corrected chi connectivity index (χ3v) is 4.57. The Bertz CT molecular complexity index is 466. The van der Waals surface area contributed by atoms with E-state index in [1.54, 1.807) is 17.9 Å². The summed E-state index contributed by atoms with van der Waals surface area (Å²) in [6.45, 7) is 7.34. The van der Waals surface area contributed by atoms with Crippen LogP contribution in [-0.4, -0.2) is 40.3 Å². The van der Waals surface area contributed by atoms with Crippen LogP contribution >= 0.6 is 0 Å². The first-order chi connectivity index (χ1) is 10.1. The molecule has 5 heteroatoms. The molecule has 0 spiro atoms. The first-order valence-electron chi connectivity index (χ1n) is 8.00. The standard InChI is InChI=1S/C16H26N2O3/c1-4-12(5-2)14-9-15(21-17-14)16(20)18-8-6-7-13(10-18)11(3)19/h9,11-13,19H,4-8,10H2,1-3H3. The largest absolute Gasteiger partial charge is 0.393 e. The van der Waals surface area contributed by atoms with Crippen LogP contribution < -0.4 is 0 Å². The van der Waals surface area contributed by atoms with Crippen LogP contribution in [0.15, 0.2) is 10.6 Å². The number of aliphatic hydroxyl groups is 1. The molecule has 2 unspecified atom stereocenters. The van der Waals surface area contributed by atoms with E-state index in [1.807, 2.05) is 0 Å². The maximum Gasteiger partial charge on any atom is 0.292 e. The second kappa shape index (κ2) is 7.07. The van der Waals surface area contributed by atoms with Gasteiger partial charge < -0.3 is 14.5 Å². The molecule has 2 rings (SSSR count). The average Bonchev–Trinajstić information content (AvgIpc) is 2.97. The fourth-order valence-electron chi connectivity index (χ4n) is 3.03. The molecular weight excluding hydrogens is 268 g/mol. The fraction of sp³-hybridized carbons (Fsp3) is 0.750. The molecule has 1 aliphatic heterocycles. The van der Waals surface area contributed by atoms with Crippen LogP contribution in [0.5, 0.6) is 0 Å². The van der Waals surface area contributed by atoms with Gasteiger partial charge in [0.25, 0.3) is 5.91 Å². The van der Waals surface area contributed by atoms with E-state index in [1.165, 1.54) is 0 Å². The van der Waals surface area contributed by atoms with Crippen LogP contribution in [0.1, 0.15) is 68.6 Å². The number of carbonyl (C=O) groups is 1. The summed E-state index contributed by atoms with van der Waals surface area (Å²) >= 11 is 0. The summed E-state index contributed by atoms with van der Waals surface area (Å²) in [4.78, 5) is 14.3. The molecule has 21 heavy (non-hydrogen) atoms. The zero-order valence-corrected chi connectivity index (χ0v) is 13.2. The second-order valence-electron chi connectivity index (χ2n) is 6.02. The normalized spacial score (nSPS) is 20.8. The summed E-state index contributed by atoms with van der Waals surface area (Å²) in [5.74, 6) is 0.721. The number of hydrogen-bond donors (Lipinski definition) is 1. The van der Waals surface area contributed by atoms with E-state index in [4.69, 9.17) is 4.52 Å². The minimum atomic E-state index is -0.379. The van der Waals surface area contributed by atoms with Gasteiger partial charge in [-0.1, -0.05) is 19.0 Å². The van der Waals surface area contributed by atoms with Gasteiger partial charge in [-0.25, -0.2) is 0 Å². The van der Waals surface area contributed by atoms with Crippen molar-refractivity contribution in [1.29, 1.82) is 0 Å². The molecule has 0 aromatic carbocycles. The Kier molecular flexibility index (Phi) is 5.39. The predicted octanol–water partition coefficient (Wildman–Crippen LogP) is 2.81. The number of aromatic nitrogens is 1. The maximum absolute atomic E-state index is 12.5. The van der Waals surface area contributed by atoms with Crippen LogP contribution in [0, 0.1) is 5.92 Å². The van der Waals surface area contributed by atoms with Crippen molar-refractivity contribution in [2.75, 3.05) is 13.1 Å². The molecule has 1 saturated heterocycles. The summed E-state index contributed by atoms with van der Waals surface area (Å²) in [5.41, 5.74) is 0.868. The minimum Gasteiger partial charge on any atom is -0.393 e. The van der Waals surface area contributed by atoms with Gasteiger partial charge in [0.15, 0.2) is 0 Å². The van der Waals surface area contributed by atoms with Crippen molar-refractivity contribution < 1.29 is 14.4 Å². The molecule has 1 N–H and O–H groups in total. The van der Waals surface area contributed by atoms with Gasteiger partial charge in [0.05, 0.1) is 11.8 Å². The van der Waals surface area contributed by atoms with Gasteiger partial charge in [0.2, 0.25) is 5.76 Å². The van der Waals surface area contributed by atoms with Gasteiger partial charge in [-0.2, -0.15) is 0 Å². The number of aliphatic hydroxyl groups excluding tert-OH is 1. The van der Waals surface area contributed by atoms with E-state index in [0.717, 1.165) is 37.9 Å². The van der Waals surface area contributed by atoms with Gasteiger partial charge >= 0.3 is 0 Å². The minimum absolute atomic E-state index is 0.106. The number of nitrogens with zero attached hydrogens (tertiary/aromatic N) is 2. The van der Waals surface area contributed by atoms with Crippen molar-refractivity contribution >= 4 is 5.91 Å². The van der Waals surface area contributed by atoms with Gasteiger partial charge in [-0.15, -0.1) is 0 Å². The average molecular weight is 294 g/mol. The third kappa shape index (κ3) is 3.64. The van der Waals surface area contributed by atoms with E-state index in [2.05, 4.69) is 19.0 Å². The summed E-state index contributed by atoms with van der Waals surface area (Å²) < 4.78 is 5.26. The molecular formula is C16H26N2O3. The molecule has 1 aliphatic rings. The highest BCUT2D eigenvalue weighted by atomic mass is 16.5. The van der Waals surface area contributed by atoms with E-state index >= 15 is 0 Å². The van der Waals surface area contributed by atoms with Crippen molar-refractivity contribution in [2.24, 2.45) is 5.92 Å². The van der Waals surface area contributed by atoms with Gasteiger partial charge in [0, 0.05) is 31.0 Å². The molecule has 5 nitrogen and oxygen atoms in total. The molecule has 118 valence electrons. The van der Waals surface area contributed by atoms with E-state index in [0.29, 0.717) is 18.2 Å². The van der Waals surface area contributed by atoms with Crippen molar-refractivity contribution in [2.45, 2.75) is 58.5 Å². The molecule has 1 amide bonds. The first-order valence-corrected chi connectivity index (χ1v) is 8.00. The molecule has 0 radical (unpaired) electrons. The molecule has 0 bridgehead atoms. The Morgan fingerprint density at radius 2 is 2.24 bits per heavy atom. The Morgan fingerprint density at radius 3 is 2.86 bits per heavy atom. The lowest BCUT2D eigenvalue weighted by Gasteiger charge is -2.33. The summed E-state index contributed by atoms with van der Waals surface area (Å²) in [5, 5.41) is 13.8. The number of carbonyl (C=O) groups excluding carboxylic acids is 1. The zero-order chi connectivity index (χ0) is 15.4. The topological polar surface area (TPSA) is 66.6 Å². The van der Waals surface area contributed by atoms with Gasteiger partial charge in [-0.3, -0.25) is 4.79 Å². The zero-order valence-electron chi connectivity index (χ0n) is 13.2. The molecule has 0 aliphatic carbocycles. The Balaban J connectivity index is 2.06. The third-order valence-electron chi connectivity index (χ3n) is 4.57. The van der Waals surface area contributed by atoms with Crippen molar-refractivity contribution in [1.82, 2.24) is 10.1 Å². The number of amides is 1. The molecule has 1 aromatic rings. The van der Waals surface area contributed by atoms with Crippen LogP contribution in [-0.2, 0) is 0 Å². The van der Waals surface area contributed by atoms with E-state index in [-0.39, 0.29) is 17.9 Å². The van der Waals surface area contributed by atoms with Gasteiger partial charge in [0.1, 0.15) is 0 Å². The fourth-order valence-corrected chi connectivity index (χ4v) is 3.03. The molecule has 2 heterocycles. The summed E-state index contributed by atoms with van der Waals surface area (Å²) in [6.07, 6.45) is 3.50. The highest BCUT2D eigenvalue weighted by Gasteiger charge is 2.29. The molecule has 1 fully saturated rings. The second-order valence-corrected chi connectivity index (χ2v) is 6.02.